The van der Waals surface area contributed by atoms with E-state index >= 15 is 0 Å². The maximum absolute atomic E-state index is 12.2. The standard InChI is InChI=1S/C17H23ClN4OS/c1-13-4-9-24-16(13)17(23)19-10-14-2-5-21(6-3-14)7-8-22-12-15(18)11-20-22/h4,9,11-12,14H,2-3,5-8,10H2,1H3,(H,19,23). The molecule has 0 radical (unpaired) electrons. The third-order valence-corrected chi connectivity index (χ3v) is 5.78. The highest BCUT2D eigenvalue weighted by atomic mass is 35.5. The molecule has 3 heterocycles. The molecular formula is C17H23ClN4OS. The lowest BCUT2D eigenvalue weighted by molar-refractivity contribution is 0.0939. The number of aromatic nitrogens is 2. The number of halogens is 1. The van der Waals surface area contributed by atoms with E-state index < -0.39 is 0 Å². The Kier molecular flexibility index (Phi) is 5.92. The van der Waals surface area contributed by atoms with Gasteiger partial charge in [0.1, 0.15) is 0 Å². The van der Waals surface area contributed by atoms with E-state index in [-0.39, 0.29) is 5.91 Å². The number of rotatable bonds is 6. The SMILES string of the molecule is Cc1ccsc1C(=O)NCC1CCN(CCn2cc(Cl)cn2)CC1. The van der Waals surface area contributed by atoms with Crippen molar-refractivity contribution in [2.45, 2.75) is 26.3 Å². The molecule has 24 heavy (non-hydrogen) atoms. The monoisotopic (exact) mass is 366 g/mol. The molecule has 1 aliphatic heterocycles. The average molecular weight is 367 g/mol. The van der Waals surface area contributed by atoms with Crippen molar-refractivity contribution in [2.75, 3.05) is 26.2 Å². The molecule has 2 aromatic heterocycles. The van der Waals surface area contributed by atoms with Crippen molar-refractivity contribution in [1.29, 1.82) is 0 Å². The highest BCUT2D eigenvalue weighted by Gasteiger charge is 2.20. The van der Waals surface area contributed by atoms with Gasteiger partial charge in [-0.05, 0) is 55.8 Å². The Morgan fingerprint density at radius 2 is 2.21 bits per heavy atom. The minimum Gasteiger partial charge on any atom is -0.351 e. The zero-order chi connectivity index (χ0) is 16.9. The van der Waals surface area contributed by atoms with Gasteiger partial charge in [0.25, 0.3) is 5.91 Å². The lowest BCUT2D eigenvalue weighted by Crippen LogP contribution is -2.39. The van der Waals surface area contributed by atoms with E-state index in [9.17, 15) is 4.79 Å². The molecule has 0 spiro atoms. The number of carbonyl (C=O) groups is 1. The van der Waals surface area contributed by atoms with Crippen LogP contribution in [-0.4, -0.2) is 46.8 Å². The summed E-state index contributed by atoms with van der Waals surface area (Å²) >= 11 is 7.39. The van der Waals surface area contributed by atoms with Gasteiger partial charge in [-0.2, -0.15) is 5.10 Å². The van der Waals surface area contributed by atoms with Crippen LogP contribution in [0, 0.1) is 12.8 Å². The molecule has 2 aromatic rings. The van der Waals surface area contributed by atoms with E-state index in [1.54, 1.807) is 6.20 Å². The normalized spacial score (nSPS) is 16.4. The largest absolute Gasteiger partial charge is 0.351 e. The fourth-order valence-corrected chi connectivity index (χ4v) is 4.04. The summed E-state index contributed by atoms with van der Waals surface area (Å²) in [5.41, 5.74) is 1.06. The minimum absolute atomic E-state index is 0.0699. The van der Waals surface area contributed by atoms with Crippen LogP contribution >= 0.6 is 22.9 Å². The Morgan fingerprint density at radius 3 is 2.83 bits per heavy atom. The third kappa shape index (κ3) is 4.59. The summed E-state index contributed by atoms with van der Waals surface area (Å²) in [5, 5.41) is 9.96. The first-order valence-corrected chi connectivity index (χ1v) is 9.60. The number of likely N-dealkylation sites (tertiary alicyclic amines) is 1. The summed E-state index contributed by atoms with van der Waals surface area (Å²) in [4.78, 5) is 15.5. The molecule has 5 nitrogen and oxygen atoms in total. The van der Waals surface area contributed by atoms with Crippen LogP contribution in [0.5, 0.6) is 0 Å². The molecule has 7 heteroatoms. The van der Waals surface area contributed by atoms with Crippen molar-refractivity contribution < 1.29 is 4.79 Å². The number of nitrogens with zero attached hydrogens (tertiary/aromatic N) is 3. The molecule has 0 atom stereocenters. The number of aryl methyl sites for hydroxylation is 1. The van der Waals surface area contributed by atoms with Gasteiger partial charge in [0, 0.05) is 19.3 Å². The smallest absolute Gasteiger partial charge is 0.261 e. The fourth-order valence-electron chi connectivity index (χ4n) is 3.04. The second kappa shape index (κ2) is 8.14. The first kappa shape index (κ1) is 17.5. The molecule has 1 N–H and O–H groups in total. The third-order valence-electron chi connectivity index (χ3n) is 4.57. The lowest BCUT2D eigenvalue weighted by Gasteiger charge is -2.31. The van der Waals surface area contributed by atoms with Gasteiger partial charge in [-0.3, -0.25) is 9.48 Å². The van der Waals surface area contributed by atoms with E-state index in [1.165, 1.54) is 11.3 Å². The van der Waals surface area contributed by atoms with Crippen LogP contribution in [-0.2, 0) is 6.54 Å². The summed E-state index contributed by atoms with van der Waals surface area (Å²) in [7, 11) is 0. The van der Waals surface area contributed by atoms with E-state index in [1.807, 2.05) is 29.2 Å². The molecule has 0 unspecified atom stereocenters. The van der Waals surface area contributed by atoms with Gasteiger partial charge in [0.05, 0.1) is 22.6 Å². The van der Waals surface area contributed by atoms with Crippen molar-refractivity contribution in [3.05, 3.63) is 39.3 Å². The molecule has 0 saturated carbocycles. The Labute approximate surface area is 151 Å². The second-order valence-corrected chi connectivity index (χ2v) is 7.70. The number of hydrogen-bond donors (Lipinski definition) is 1. The predicted molar refractivity (Wildman–Crippen MR) is 97.8 cm³/mol. The number of hydrogen-bond acceptors (Lipinski definition) is 4. The van der Waals surface area contributed by atoms with E-state index in [2.05, 4.69) is 15.3 Å². The second-order valence-electron chi connectivity index (χ2n) is 6.35. The van der Waals surface area contributed by atoms with Crippen LogP contribution in [0.25, 0.3) is 0 Å². The number of amides is 1. The number of thiophene rings is 1. The fraction of sp³-hybridized carbons (Fsp3) is 0.529. The highest BCUT2D eigenvalue weighted by Crippen LogP contribution is 2.18. The predicted octanol–water partition coefficient (Wildman–Crippen LogP) is 3.05. The zero-order valence-electron chi connectivity index (χ0n) is 13.9. The summed E-state index contributed by atoms with van der Waals surface area (Å²) in [6, 6.07) is 1.99. The Balaban J connectivity index is 1.36. The Hall–Kier alpha value is -1.37. The average Bonchev–Trinajstić information content (AvgIpc) is 3.20. The zero-order valence-corrected chi connectivity index (χ0v) is 15.4. The van der Waals surface area contributed by atoms with Crippen LogP contribution in [0.2, 0.25) is 5.02 Å². The summed E-state index contributed by atoms with van der Waals surface area (Å²) in [5.74, 6) is 0.644. The molecule has 0 aliphatic carbocycles. The Bertz CT molecular complexity index is 676. The molecule has 130 valence electrons. The molecule has 3 rings (SSSR count). The Morgan fingerprint density at radius 1 is 1.42 bits per heavy atom. The summed E-state index contributed by atoms with van der Waals surface area (Å²) < 4.78 is 1.89. The van der Waals surface area contributed by atoms with Gasteiger partial charge in [0.15, 0.2) is 0 Å². The van der Waals surface area contributed by atoms with Gasteiger partial charge >= 0.3 is 0 Å². The van der Waals surface area contributed by atoms with Crippen molar-refractivity contribution in [3.8, 4) is 0 Å². The lowest BCUT2D eigenvalue weighted by atomic mass is 9.97. The highest BCUT2D eigenvalue weighted by molar-refractivity contribution is 7.12. The molecule has 1 amide bonds. The van der Waals surface area contributed by atoms with Crippen molar-refractivity contribution >= 4 is 28.8 Å². The number of carbonyl (C=O) groups excluding carboxylic acids is 1. The first-order chi connectivity index (χ1) is 11.6. The van der Waals surface area contributed by atoms with Gasteiger partial charge in [-0.25, -0.2) is 0 Å². The van der Waals surface area contributed by atoms with Crippen LogP contribution in [0.1, 0.15) is 28.1 Å². The van der Waals surface area contributed by atoms with Gasteiger partial charge in [-0.1, -0.05) is 11.6 Å². The first-order valence-electron chi connectivity index (χ1n) is 8.34. The number of piperidine rings is 1. The van der Waals surface area contributed by atoms with Crippen LogP contribution < -0.4 is 5.32 Å². The molecule has 0 aromatic carbocycles. The van der Waals surface area contributed by atoms with Gasteiger partial charge in [0.2, 0.25) is 0 Å². The molecule has 0 bridgehead atoms. The molecule has 1 saturated heterocycles. The maximum atomic E-state index is 12.2. The van der Waals surface area contributed by atoms with E-state index in [4.69, 9.17) is 11.6 Å². The molecule has 1 fully saturated rings. The minimum atomic E-state index is 0.0699. The van der Waals surface area contributed by atoms with Crippen LogP contribution in [0.3, 0.4) is 0 Å². The van der Waals surface area contributed by atoms with Crippen LogP contribution in [0.4, 0.5) is 0 Å². The van der Waals surface area contributed by atoms with Crippen LogP contribution in [0.15, 0.2) is 23.8 Å². The topological polar surface area (TPSA) is 50.2 Å². The van der Waals surface area contributed by atoms with Crippen molar-refractivity contribution in [3.63, 3.8) is 0 Å². The molecule has 1 aliphatic rings. The van der Waals surface area contributed by atoms with Crippen molar-refractivity contribution in [2.24, 2.45) is 5.92 Å². The van der Waals surface area contributed by atoms with E-state index in [0.717, 1.165) is 56.0 Å². The van der Waals surface area contributed by atoms with Gasteiger partial charge in [-0.15, -0.1) is 11.3 Å². The maximum Gasteiger partial charge on any atom is 0.261 e. The molecular weight excluding hydrogens is 344 g/mol. The van der Waals surface area contributed by atoms with Gasteiger partial charge < -0.3 is 10.2 Å². The summed E-state index contributed by atoms with van der Waals surface area (Å²) in [6.45, 7) is 6.77. The quantitative estimate of drug-likeness (QED) is 0.854. The summed E-state index contributed by atoms with van der Waals surface area (Å²) in [6.07, 6.45) is 5.79. The number of nitrogens with one attached hydrogen (secondary N) is 1. The van der Waals surface area contributed by atoms with Crippen molar-refractivity contribution in [1.82, 2.24) is 20.0 Å². The van der Waals surface area contributed by atoms with E-state index in [0.29, 0.717) is 10.9 Å².